The minimum Gasteiger partial charge on any atom is -0.356 e. The van der Waals surface area contributed by atoms with E-state index in [2.05, 4.69) is 19.2 Å². The Labute approximate surface area is 62.0 Å². The molecule has 2 nitrogen and oxygen atoms in total. The van der Waals surface area contributed by atoms with Gasteiger partial charge in [0.1, 0.15) is 0 Å². The van der Waals surface area contributed by atoms with E-state index in [1.165, 1.54) is 0 Å². The molecule has 0 spiro atoms. The molecule has 1 rings (SSSR count). The molecule has 1 aliphatic rings. The Morgan fingerprint density at radius 1 is 1.60 bits per heavy atom. The molecule has 1 heterocycles. The van der Waals surface area contributed by atoms with Crippen molar-refractivity contribution in [2.75, 3.05) is 6.54 Å². The van der Waals surface area contributed by atoms with Gasteiger partial charge >= 0.3 is 0 Å². The second-order valence-corrected chi connectivity index (χ2v) is 3.35. The van der Waals surface area contributed by atoms with Crippen LogP contribution < -0.4 is 5.32 Å². The summed E-state index contributed by atoms with van der Waals surface area (Å²) in [5.41, 5.74) is 0. The van der Waals surface area contributed by atoms with E-state index in [0.29, 0.717) is 11.8 Å². The molecule has 2 heteroatoms. The number of carbonyl (C=O) groups excluding carboxylic acids is 1. The fourth-order valence-corrected chi connectivity index (χ4v) is 1.38. The molecule has 0 aromatic heterocycles. The van der Waals surface area contributed by atoms with E-state index in [1.54, 1.807) is 0 Å². The van der Waals surface area contributed by atoms with Crippen LogP contribution in [0.15, 0.2) is 0 Å². The molecule has 0 aromatic carbocycles. The summed E-state index contributed by atoms with van der Waals surface area (Å²) < 4.78 is 0. The summed E-state index contributed by atoms with van der Waals surface area (Å²) in [6, 6.07) is 0. The lowest BCUT2D eigenvalue weighted by Crippen LogP contribution is -2.35. The summed E-state index contributed by atoms with van der Waals surface area (Å²) in [5.74, 6) is 1.50. The molecule has 10 heavy (non-hydrogen) atoms. The number of hydrogen-bond acceptors (Lipinski definition) is 1. The summed E-state index contributed by atoms with van der Waals surface area (Å²) in [6.07, 6.45) is 1.89. The first-order chi connectivity index (χ1) is 4.70. The van der Waals surface area contributed by atoms with Crippen LogP contribution in [-0.2, 0) is 4.79 Å². The highest BCUT2D eigenvalue weighted by molar-refractivity contribution is 5.76. The molecule has 0 aromatic rings. The van der Waals surface area contributed by atoms with Crippen molar-refractivity contribution in [3.63, 3.8) is 0 Å². The van der Waals surface area contributed by atoms with Crippen molar-refractivity contribution in [3.05, 3.63) is 0 Å². The molecule has 1 atom stereocenters. The molecule has 0 aliphatic carbocycles. The highest BCUT2D eigenvalue weighted by Gasteiger charge is 2.20. The van der Waals surface area contributed by atoms with E-state index in [9.17, 15) is 4.79 Å². The van der Waals surface area contributed by atoms with Crippen LogP contribution in [0.1, 0.15) is 26.7 Å². The van der Waals surface area contributed by atoms with E-state index in [0.717, 1.165) is 19.4 Å². The molecule has 1 fully saturated rings. The zero-order chi connectivity index (χ0) is 7.56. The lowest BCUT2D eigenvalue weighted by Gasteiger charge is -2.24. The molecule has 0 bridgehead atoms. The maximum absolute atomic E-state index is 10.9. The fourth-order valence-electron chi connectivity index (χ4n) is 1.38. The number of nitrogens with one attached hydrogen (secondary N) is 1. The van der Waals surface area contributed by atoms with E-state index in [-0.39, 0.29) is 5.91 Å². The average molecular weight is 141 g/mol. The van der Waals surface area contributed by atoms with Crippen molar-refractivity contribution < 1.29 is 4.79 Å². The Morgan fingerprint density at radius 2 is 2.30 bits per heavy atom. The molecule has 0 saturated carbocycles. The van der Waals surface area contributed by atoms with Gasteiger partial charge in [-0.3, -0.25) is 4.79 Å². The van der Waals surface area contributed by atoms with Crippen molar-refractivity contribution in [1.82, 2.24) is 5.32 Å². The average Bonchev–Trinajstić information content (AvgIpc) is 1.88. The molecular formula is C8H15NO. The van der Waals surface area contributed by atoms with Gasteiger partial charge in [0, 0.05) is 13.0 Å². The summed E-state index contributed by atoms with van der Waals surface area (Å²) >= 11 is 0. The fraction of sp³-hybridized carbons (Fsp3) is 0.875. The SMILES string of the molecule is CC(C)C1CCNC(=O)C1. The minimum atomic E-state index is 0.227. The highest BCUT2D eigenvalue weighted by Crippen LogP contribution is 2.20. The standard InChI is InChI=1S/C8H15NO/c1-6(2)7-3-4-9-8(10)5-7/h6-7H,3-5H2,1-2H3,(H,9,10). The van der Waals surface area contributed by atoms with Gasteiger partial charge in [0.25, 0.3) is 0 Å². The second-order valence-electron chi connectivity index (χ2n) is 3.35. The predicted molar refractivity (Wildman–Crippen MR) is 40.6 cm³/mol. The Morgan fingerprint density at radius 3 is 2.70 bits per heavy atom. The van der Waals surface area contributed by atoms with E-state index >= 15 is 0 Å². The molecule has 1 unspecified atom stereocenters. The van der Waals surface area contributed by atoms with E-state index < -0.39 is 0 Å². The minimum absolute atomic E-state index is 0.227. The Kier molecular flexibility index (Phi) is 2.30. The van der Waals surface area contributed by atoms with Crippen LogP contribution >= 0.6 is 0 Å². The summed E-state index contributed by atoms with van der Waals surface area (Å²) in [5, 5.41) is 2.83. The first kappa shape index (κ1) is 7.58. The third-order valence-corrected chi connectivity index (χ3v) is 2.23. The van der Waals surface area contributed by atoms with Gasteiger partial charge in [-0.1, -0.05) is 13.8 Å². The van der Waals surface area contributed by atoms with Crippen molar-refractivity contribution in [3.8, 4) is 0 Å². The Bertz CT molecular complexity index is 131. The van der Waals surface area contributed by atoms with Gasteiger partial charge in [0.15, 0.2) is 0 Å². The largest absolute Gasteiger partial charge is 0.356 e. The maximum Gasteiger partial charge on any atom is 0.220 e. The normalized spacial score (nSPS) is 26.7. The van der Waals surface area contributed by atoms with Gasteiger partial charge in [0.05, 0.1) is 0 Å². The summed E-state index contributed by atoms with van der Waals surface area (Å²) in [7, 11) is 0. The van der Waals surface area contributed by atoms with E-state index in [1.807, 2.05) is 0 Å². The summed E-state index contributed by atoms with van der Waals surface area (Å²) in [4.78, 5) is 10.9. The lowest BCUT2D eigenvalue weighted by molar-refractivity contribution is -0.123. The lowest BCUT2D eigenvalue weighted by atomic mass is 9.87. The van der Waals surface area contributed by atoms with Crippen molar-refractivity contribution in [2.45, 2.75) is 26.7 Å². The zero-order valence-electron chi connectivity index (χ0n) is 6.68. The highest BCUT2D eigenvalue weighted by atomic mass is 16.1. The molecule has 1 N–H and O–H groups in total. The van der Waals surface area contributed by atoms with Gasteiger partial charge < -0.3 is 5.32 Å². The Hall–Kier alpha value is -0.530. The molecule has 58 valence electrons. The maximum atomic E-state index is 10.9. The topological polar surface area (TPSA) is 29.1 Å². The third-order valence-electron chi connectivity index (χ3n) is 2.23. The molecular weight excluding hydrogens is 126 g/mol. The number of amides is 1. The predicted octanol–water partition coefficient (Wildman–Crippen LogP) is 1.17. The van der Waals surface area contributed by atoms with Gasteiger partial charge in [0.2, 0.25) is 5.91 Å². The number of hydrogen-bond donors (Lipinski definition) is 1. The van der Waals surface area contributed by atoms with Gasteiger partial charge in [-0.05, 0) is 18.3 Å². The van der Waals surface area contributed by atoms with Crippen molar-refractivity contribution >= 4 is 5.91 Å². The number of rotatable bonds is 1. The third kappa shape index (κ3) is 1.72. The second kappa shape index (κ2) is 3.04. The van der Waals surface area contributed by atoms with Crippen LogP contribution in [-0.4, -0.2) is 12.5 Å². The molecule has 1 amide bonds. The molecule has 1 aliphatic heterocycles. The van der Waals surface area contributed by atoms with Crippen LogP contribution in [0.25, 0.3) is 0 Å². The number of piperidine rings is 1. The van der Waals surface area contributed by atoms with Crippen LogP contribution in [0.4, 0.5) is 0 Å². The van der Waals surface area contributed by atoms with Crippen LogP contribution in [0, 0.1) is 11.8 Å². The quantitative estimate of drug-likeness (QED) is 0.583. The number of carbonyl (C=O) groups is 1. The van der Waals surface area contributed by atoms with Crippen LogP contribution in [0.5, 0.6) is 0 Å². The Balaban J connectivity index is 2.39. The van der Waals surface area contributed by atoms with Crippen molar-refractivity contribution in [2.24, 2.45) is 11.8 Å². The van der Waals surface area contributed by atoms with Crippen LogP contribution in [0.3, 0.4) is 0 Å². The van der Waals surface area contributed by atoms with Crippen molar-refractivity contribution in [1.29, 1.82) is 0 Å². The smallest absolute Gasteiger partial charge is 0.220 e. The summed E-state index contributed by atoms with van der Waals surface area (Å²) in [6.45, 7) is 5.24. The zero-order valence-corrected chi connectivity index (χ0v) is 6.68. The van der Waals surface area contributed by atoms with Gasteiger partial charge in [-0.15, -0.1) is 0 Å². The first-order valence-corrected chi connectivity index (χ1v) is 3.97. The van der Waals surface area contributed by atoms with Crippen LogP contribution in [0.2, 0.25) is 0 Å². The van der Waals surface area contributed by atoms with Gasteiger partial charge in [-0.2, -0.15) is 0 Å². The van der Waals surface area contributed by atoms with E-state index in [4.69, 9.17) is 0 Å². The molecule has 0 radical (unpaired) electrons. The first-order valence-electron chi connectivity index (χ1n) is 3.97. The molecule has 1 saturated heterocycles. The van der Waals surface area contributed by atoms with Gasteiger partial charge in [-0.25, -0.2) is 0 Å². The monoisotopic (exact) mass is 141 g/mol.